The number of halogens is 3. The molecule has 1 nitrogen and oxygen atoms in total. The molecule has 0 heterocycles. The van der Waals surface area contributed by atoms with Gasteiger partial charge in [-0.2, -0.15) is 0 Å². The number of aliphatic hydroxyl groups excluding tert-OH is 1. The average Bonchev–Trinajstić information content (AvgIpc) is 2.49. The molecule has 2 rings (SSSR count). The Morgan fingerprint density at radius 3 is 2.48 bits per heavy atom. The molecule has 1 atom stereocenters. The highest BCUT2D eigenvalue weighted by Crippen LogP contribution is 2.23. The molecule has 0 aliphatic carbocycles. The van der Waals surface area contributed by atoms with E-state index in [9.17, 15) is 13.9 Å². The Morgan fingerprint density at radius 1 is 1.05 bits per heavy atom. The Morgan fingerprint density at radius 2 is 1.76 bits per heavy atom. The summed E-state index contributed by atoms with van der Waals surface area (Å²) < 4.78 is 27.6. The molecule has 0 aliphatic rings. The quantitative estimate of drug-likeness (QED) is 0.748. The molecule has 0 radical (unpaired) electrons. The molecule has 0 bridgehead atoms. The summed E-state index contributed by atoms with van der Waals surface area (Å²) in [6, 6.07) is 12.5. The SMILES string of the molecule is OC(CCCc1ccccc1)Cc1c(F)ccc(Br)c1F. The minimum atomic E-state index is -0.744. The van der Waals surface area contributed by atoms with Crippen molar-refractivity contribution in [2.45, 2.75) is 31.8 Å². The van der Waals surface area contributed by atoms with Crippen LogP contribution >= 0.6 is 15.9 Å². The standard InChI is InChI=1S/C17H17BrF2O/c18-15-9-10-16(19)14(17(15)20)11-13(21)8-4-7-12-5-2-1-3-6-12/h1-3,5-6,9-10,13,21H,4,7-8,11H2. The van der Waals surface area contributed by atoms with Gasteiger partial charge in [-0.05, 0) is 52.9 Å². The number of hydrogen-bond donors (Lipinski definition) is 1. The van der Waals surface area contributed by atoms with Crippen LogP contribution in [0.1, 0.15) is 24.0 Å². The summed E-state index contributed by atoms with van der Waals surface area (Å²) in [5.74, 6) is -1.24. The van der Waals surface area contributed by atoms with E-state index in [1.165, 1.54) is 17.7 Å². The first-order valence-electron chi connectivity index (χ1n) is 6.92. The topological polar surface area (TPSA) is 20.2 Å². The summed E-state index contributed by atoms with van der Waals surface area (Å²) in [5, 5.41) is 9.97. The van der Waals surface area contributed by atoms with Gasteiger partial charge in [0.15, 0.2) is 0 Å². The van der Waals surface area contributed by atoms with E-state index in [-0.39, 0.29) is 16.5 Å². The van der Waals surface area contributed by atoms with Crippen LogP contribution in [0.15, 0.2) is 46.9 Å². The van der Waals surface area contributed by atoms with Gasteiger partial charge >= 0.3 is 0 Å². The summed E-state index contributed by atoms with van der Waals surface area (Å²) in [6.45, 7) is 0. The van der Waals surface area contributed by atoms with E-state index >= 15 is 0 Å². The number of benzene rings is 2. The Bertz CT molecular complexity index is 587. The van der Waals surface area contributed by atoms with Gasteiger partial charge in [-0.15, -0.1) is 0 Å². The molecule has 0 fully saturated rings. The van der Waals surface area contributed by atoms with Crippen molar-refractivity contribution < 1.29 is 13.9 Å². The molecular weight excluding hydrogens is 338 g/mol. The van der Waals surface area contributed by atoms with Crippen molar-refractivity contribution in [2.75, 3.05) is 0 Å². The Balaban J connectivity index is 1.88. The van der Waals surface area contributed by atoms with E-state index in [0.717, 1.165) is 12.8 Å². The summed E-state index contributed by atoms with van der Waals surface area (Å²) in [6.07, 6.45) is 1.39. The second-order valence-corrected chi connectivity index (χ2v) is 5.91. The molecule has 21 heavy (non-hydrogen) atoms. The molecule has 112 valence electrons. The Kier molecular flexibility index (Phi) is 5.88. The van der Waals surface area contributed by atoms with Crippen molar-refractivity contribution in [3.8, 4) is 0 Å². The minimum Gasteiger partial charge on any atom is -0.393 e. The molecule has 0 amide bonds. The van der Waals surface area contributed by atoms with Crippen molar-refractivity contribution >= 4 is 15.9 Å². The van der Waals surface area contributed by atoms with Crippen LogP contribution in [-0.4, -0.2) is 11.2 Å². The zero-order chi connectivity index (χ0) is 15.2. The fraction of sp³-hybridized carbons (Fsp3) is 0.294. The normalized spacial score (nSPS) is 12.4. The summed E-state index contributed by atoms with van der Waals surface area (Å²) in [5.41, 5.74) is 1.14. The van der Waals surface area contributed by atoms with E-state index in [1.54, 1.807) is 0 Å². The van der Waals surface area contributed by atoms with Crippen LogP contribution in [0, 0.1) is 11.6 Å². The Hall–Kier alpha value is -1.26. The van der Waals surface area contributed by atoms with Crippen molar-refractivity contribution in [3.05, 3.63) is 69.7 Å². The molecule has 0 aromatic heterocycles. The van der Waals surface area contributed by atoms with Crippen molar-refractivity contribution in [1.82, 2.24) is 0 Å². The minimum absolute atomic E-state index is 0.00804. The van der Waals surface area contributed by atoms with Crippen LogP contribution in [0.2, 0.25) is 0 Å². The highest BCUT2D eigenvalue weighted by Gasteiger charge is 2.16. The van der Waals surface area contributed by atoms with Crippen molar-refractivity contribution in [3.63, 3.8) is 0 Å². The lowest BCUT2D eigenvalue weighted by molar-refractivity contribution is 0.159. The smallest absolute Gasteiger partial charge is 0.143 e. The number of hydrogen-bond acceptors (Lipinski definition) is 1. The fourth-order valence-corrected chi connectivity index (χ4v) is 2.65. The van der Waals surface area contributed by atoms with Gasteiger partial charge in [0.05, 0.1) is 10.6 Å². The lowest BCUT2D eigenvalue weighted by Gasteiger charge is -2.12. The summed E-state index contributed by atoms with van der Waals surface area (Å²) >= 11 is 3.03. The lowest BCUT2D eigenvalue weighted by atomic mass is 10.0. The Labute approximate surface area is 131 Å². The average molecular weight is 355 g/mol. The van der Waals surface area contributed by atoms with Crippen LogP contribution in [0.3, 0.4) is 0 Å². The molecule has 0 saturated heterocycles. The van der Waals surface area contributed by atoms with Crippen molar-refractivity contribution in [2.24, 2.45) is 0 Å². The molecule has 1 N–H and O–H groups in total. The first kappa shape index (κ1) is 16.1. The van der Waals surface area contributed by atoms with Crippen LogP contribution < -0.4 is 0 Å². The van der Waals surface area contributed by atoms with E-state index in [2.05, 4.69) is 15.9 Å². The number of aryl methyl sites for hydroxylation is 1. The fourth-order valence-electron chi connectivity index (χ4n) is 2.28. The van der Waals surface area contributed by atoms with Crippen LogP contribution in [0.25, 0.3) is 0 Å². The molecule has 2 aromatic carbocycles. The number of aliphatic hydroxyl groups is 1. The van der Waals surface area contributed by atoms with Gasteiger partial charge in [-0.1, -0.05) is 30.3 Å². The third-order valence-electron chi connectivity index (χ3n) is 3.42. The first-order valence-corrected chi connectivity index (χ1v) is 7.71. The van der Waals surface area contributed by atoms with Gasteiger partial charge < -0.3 is 5.11 Å². The summed E-state index contributed by atoms with van der Waals surface area (Å²) in [4.78, 5) is 0. The molecule has 0 saturated carbocycles. The molecule has 0 aliphatic heterocycles. The maximum absolute atomic E-state index is 13.8. The van der Waals surface area contributed by atoms with Crippen molar-refractivity contribution in [1.29, 1.82) is 0 Å². The second-order valence-electron chi connectivity index (χ2n) is 5.06. The predicted molar refractivity (Wildman–Crippen MR) is 83.1 cm³/mol. The van der Waals surface area contributed by atoms with E-state index in [0.29, 0.717) is 6.42 Å². The van der Waals surface area contributed by atoms with E-state index in [4.69, 9.17) is 0 Å². The number of rotatable bonds is 6. The second kappa shape index (κ2) is 7.66. The van der Waals surface area contributed by atoms with Crippen LogP contribution in [0.5, 0.6) is 0 Å². The largest absolute Gasteiger partial charge is 0.393 e. The van der Waals surface area contributed by atoms with Crippen LogP contribution in [0.4, 0.5) is 8.78 Å². The van der Waals surface area contributed by atoms with Gasteiger partial charge in [0.2, 0.25) is 0 Å². The van der Waals surface area contributed by atoms with Gasteiger partial charge in [0.25, 0.3) is 0 Å². The molecule has 0 spiro atoms. The highest BCUT2D eigenvalue weighted by atomic mass is 79.9. The first-order chi connectivity index (χ1) is 10.1. The van der Waals surface area contributed by atoms with E-state index in [1.807, 2.05) is 30.3 Å². The van der Waals surface area contributed by atoms with Gasteiger partial charge in [-0.25, -0.2) is 8.78 Å². The highest BCUT2D eigenvalue weighted by molar-refractivity contribution is 9.10. The maximum atomic E-state index is 13.8. The molecular formula is C17H17BrF2O. The monoisotopic (exact) mass is 354 g/mol. The third-order valence-corrected chi connectivity index (χ3v) is 4.04. The molecule has 1 unspecified atom stereocenters. The van der Waals surface area contributed by atoms with E-state index < -0.39 is 17.7 Å². The van der Waals surface area contributed by atoms with Gasteiger partial charge in [0.1, 0.15) is 11.6 Å². The zero-order valence-corrected chi connectivity index (χ0v) is 13.1. The predicted octanol–water partition coefficient (Wildman–Crippen LogP) is 4.65. The zero-order valence-electron chi connectivity index (χ0n) is 11.5. The maximum Gasteiger partial charge on any atom is 0.143 e. The van der Waals surface area contributed by atoms with Gasteiger partial charge in [0, 0.05) is 12.0 Å². The van der Waals surface area contributed by atoms with Crippen LogP contribution in [-0.2, 0) is 12.8 Å². The third kappa shape index (κ3) is 4.61. The van der Waals surface area contributed by atoms with Gasteiger partial charge in [-0.3, -0.25) is 0 Å². The molecule has 2 aromatic rings. The lowest BCUT2D eigenvalue weighted by Crippen LogP contribution is -2.13. The molecule has 4 heteroatoms. The summed E-state index contributed by atoms with van der Waals surface area (Å²) in [7, 11) is 0.